The lowest BCUT2D eigenvalue weighted by Gasteiger charge is -2.23. The third kappa shape index (κ3) is 7.15. The van der Waals surface area contributed by atoms with E-state index in [1.54, 1.807) is 0 Å². The van der Waals surface area contributed by atoms with E-state index in [1.807, 2.05) is 0 Å². The highest BCUT2D eigenvalue weighted by Gasteiger charge is 2.14. The van der Waals surface area contributed by atoms with Crippen LogP contribution in [0.1, 0.15) is 63.3 Å². The minimum atomic E-state index is 0.325. The van der Waals surface area contributed by atoms with Gasteiger partial charge in [-0.05, 0) is 43.7 Å². The maximum Gasteiger partial charge on any atom is 0.0391 e. The first kappa shape index (κ1) is 21.1. The number of aryl methyl sites for hydroxylation is 1. The minimum Gasteiger partial charge on any atom is -0.307 e. The van der Waals surface area contributed by atoms with Crippen molar-refractivity contribution in [2.45, 2.75) is 59.5 Å². The Morgan fingerprint density at radius 2 is 1.59 bits per heavy atom. The summed E-state index contributed by atoms with van der Waals surface area (Å²) in [5, 5.41) is 12.1. The number of nitrogens with one attached hydrogen (secondary N) is 2. The summed E-state index contributed by atoms with van der Waals surface area (Å²) >= 11 is 0. The van der Waals surface area contributed by atoms with E-state index in [0.717, 1.165) is 18.4 Å². The van der Waals surface area contributed by atoms with E-state index >= 15 is 0 Å². The molecule has 0 aliphatic heterocycles. The lowest BCUT2D eigenvalue weighted by molar-refractivity contribution is 0.472. The normalized spacial score (nSPS) is 14.2. The molecule has 2 atom stereocenters. The van der Waals surface area contributed by atoms with Crippen molar-refractivity contribution in [1.82, 2.24) is 5.32 Å². The highest BCUT2D eigenvalue weighted by atomic mass is 14.9. The van der Waals surface area contributed by atoms with Crippen LogP contribution in [-0.2, 0) is 0 Å². The van der Waals surface area contributed by atoms with E-state index in [0.29, 0.717) is 23.7 Å². The van der Waals surface area contributed by atoms with E-state index in [9.17, 15) is 0 Å². The van der Waals surface area contributed by atoms with Crippen LogP contribution in [-0.4, -0.2) is 11.8 Å². The summed E-state index contributed by atoms with van der Waals surface area (Å²) < 4.78 is 0. The Morgan fingerprint density at radius 1 is 0.963 bits per heavy atom. The predicted molar refractivity (Wildman–Crippen MR) is 118 cm³/mol. The summed E-state index contributed by atoms with van der Waals surface area (Å²) in [6.45, 7) is 10.9. The Labute approximate surface area is 165 Å². The quantitative estimate of drug-likeness (QED) is 0.389. The molecule has 2 aromatic rings. The van der Waals surface area contributed by atoms with Gasteiger partial charge in [-0.3, -0.25) is 0 Å². The van der Waals surface area contributed by atoms with E-state index in [2.05, 4.69) is 101 Å². The van der Waals surface area contributed by atoms with Crippen LogP contribution in [0, 0.1) is 18.3 Å². The Kier molecular flexibility index (Phi) is 7.99. The zero-order valence-electron chi connectivity index (χ0n) is 17.4. The molecular weight excluding hydrogens is 328 g/mol. The van der Waals surface area contributed by atoms with Crippen LogP contribution in [0.2, 0.25) is 0 Å². The third-order valence-electron chi connectivity index (χ3n) is 4.76. The molecule has 2 aromatic carbocycles. The Morgan fingerprint density at radius 3 is 2.19 bits per heavy atom. The van der Waals surface area contributed by atoms with Gasteiger partial charge in [-0.1, -0.05) is 92.6 Å². The molecule has 2 nitrogen and oxygen atoms in total. The van der Waals surface area contributed by atoms with Crippen molar-refractivity contribution in [3.8, 4) is 0 Å². The SMILES string of the molecule is C/C(=C\C(C)CC(=N)c1ccc(C)cc1)C[C@H](NC(C)C)c1ccccc1. The highest BCUT2D eigenvalue weighted by Crippen LogP contribution is 2.23. The number of rotatable bonds is 9. The smallest absolute Gasteiger partial charge is 0.0391 e. The number of hydrogen-bond donors (Lipinski definition) is 2. The second kappa shape index (κ2) is 10.2. The lowest BCUT2D eigenvalue weighted by Crippen LogP contribution is -2.28. The summed E-state index contributed by atoms with van der Waals surface area (Å²) in [6.07, 6.45) is 4.10. The fraction of sp³-hybridized carbons (Fsp3) is 0.400. The first-order valence-electron chi connectivity index (χ1n) is 9.98. The van der Waals surface area contributed by atoms with Gasteiger partial charge in [0.2, 0.25) is 0 Å². The van der Waals surface area contributed by atoms with Gasteiger partial charge >= 0.3 is 0 Å². The molecule has 0 aliphatic rings. The van der Waals surface area contributed by atoms with Crippen molar-refractivity contribution >= 4 is 5.71 Å². The van der Waals surface area contributed by atoms with Gasteiger partial charge in [0.25, 0.3) is 0 Å². The molecule has 0 radical (unpaired) electrons. The van der Waals surface area contributed by atoms with Crippen LogP contribution >= 0.6 is 0 Å². The third-order valence-corrected chi connectivity index (χ3v) is 4.76. The number of hydrogen-bond acceptors (Lipinski definition) is 2. The maximum absolute atomic E-state index is 8.40. The minimum absolute atomic E-state index is 0.325. The van der Waals surface area contributed by atoms with E-state index in [4.69, 9.17) is 5.41 Å². The van der Waals surface area contributed by atoms with Crippen LogP contribution in [0.15, 0.2) is 66.2 Å². The molecule has 2 N–H and O–H groups in total. The largest absolute Gasteiger partial charge is 0.307 e. The molecule has 2 heteroatoms. The molecule has 0 bridgehead atoms. The van der Waals surface area contributed by atoms with Crippen LogP contribution < -0.4 is 5.32 Å². The second-order valence-corrected chi connectivity index (χ2v) is 8.03. The van der Waals surface area contributed by atoms with Gasteiger partial charge in [-0.2, -0.15) is 0 Å². The first-order valence-corrected chi connectivity index (χ1v) is 9.98. The fourth-order valence-corrected chi connectivity index (χ4v) is 3.49. The predicted octanol–water partition coefficient (Wildman–Crippen LogP) is 6.46. The van der Waals surface area contributed by atoms with Crippen molar-refractivity contribution in [2.75, 3.05) is 0 Å². The average Bonchev–Trinajstić information content (AvgIpc) is 2.61. The van der Waals surface area contributed by atoms with Crippen molar-refractivity contribution in [2.24, 2.45) is 5.92 Å². The second-order valence-electron chi connectivity index (χ2n) is 8.03. The van der Waals surface area contributed by atoms with E-state index < -0.39 is 0 Å². The molecule has 0 spiro atoms. The molecule has 144 valence electrons. The van der Waals surface area contributed by atoms with Gasteiger partial charge in [-0.15, -0.1) is 0 Å². The summed E-state index contributed by atoms with van der Waals surface area (Å²) in [4.78, 5) is 0. The summed E-state index contributed by atoms with van der Waals surface area (Å²) in [6, 6.07) is 19.7. The average molecular weight is 363 g/mol. The first-order chi connectivity index (χ1) is 12.8. The summed E-state index contributed by atoms with van der Waals surface area (Å²) in [5.41, 5.74) is 5.69. The fourth-order valence-electron chi connectivity index (χ4n) is 3.49. The molecule has 0 fully saturated rings. The Hall–Kier alpha value is -2.19. The van der Waals surface area contributed by atoms with Gasteiger partial charge < -0.3 is 10.7 Å². The molecule has 0 amide bonds. The topological polar surface area (TPSA) is 35.9 Å². The molecule has 0 saturated carbocycles. The molecule has 27 heavy (non-hydrogen) atoms. The van der Waals surface area contributed by atoms with Crippen molar-refractivity contribution < 1.29 is 0 Å². The lowest BCUT2D eigenvalue weighted by atomic mass is 9.93. The molecule has 2 rings (SSSR count). The van der Waals surface area contributed by atoms with Crippen molar-refractivity contribution in [3.05, 3.63) is 82.9 Å². The van der Waals surface area contributed by atoms with Gasteiger partial charge in [0.1, 0.15) is 0 Å². The maximum atomic E-state index is 8.40. The molecule has 0 aromatic heterocycles. The number of allylic oxidation sites excluding steroid dienone is 1. The Balaban J connectivity index is 2.01. The zero-order chi connectivity index (χ0) is 19.8. The van der Waals surface area contributed by atoms with Crippen molar-refractivity contribution in [3.63, 3.8) is 0 Å². The van der Waals surface area contributed by atoms with Gasteiger partial charge in [0.05, 0.1) is 0 Å². The summed E-state index contributed by atoms with van der Waals surface area (Å²) in [7, 11) is 0. The van der Waals surface area contributed by atoms with Crippen LogP contribution in [0.3, 0.4) is 0 Å². The monoisotopic (exact) mass is 362 g/mol. The van der Waals surface area contributed by atoms with Crippen molar-refractivity contribution in [1.29, 1.82) is 5.41 Å². The van der Waals surface area contributed by atoms with E-state index in [1.165, 1.54) is 16.7 Å². The molecular formula is C25H34N2. The van der Waals surface area contributed by atoms with Gasteiger partial charge in [0.15, 0.2) is 0 Å². The van der Waals surface area contributed by atoms with Gasteiger partial charge in [-0.25, -0.2) is 0 Å². The van der Waals surface area contributed by atoms with Crippen LogP contribution in [0.4, 0.5) is 0 Å². The number of benzene rings is 2. The van der Waals surface area contributed by atoms with Crippen LogP contribution in [0.5, 0.6) is 0 Å². The van der Waals surface area contributed by atoms with E-state index in [-0.39, 0.29) is 0 Å². The molecule has 0 aliphatic carbocycles. The molecule has 1 unspecified atom stereocenters. The van der Waals surface area contributed by atoms with Crippen LogP contribution in [0.25, 0.3) is 0 Å². The van der Waals surface area contributed by atoms with Gasteiger partial charge in [0, 0.05) is 17.8 Å². The Bertz CT molecular complexity index is 742. The highest BCUT2D eigenvalue weighted by molar-refractivity contribution is 5.98. The molecule has 0 saturated heterocycles. The summed E-state index contributed by atoms with van der Waals surface area (Å²) in [5.74, 6) is 0.356. The standard InChI is InChI=1S/C25H34N2/c1-18(2)27-25(23-9-7-6-8-10-23)17-21(5)15-20(4)16-24(26)22-13-11-19(3)12-14-22/h6-15,18,20,25-27H,16-17H2,1-5H3/b21-15+,26-24?/t20?,25-/m0/s1. The molecule has 0 heterocycles. The zero-order valence-corrected chi connectivity index (χ0v) is 17.4.